The number of fused-ring (bicyclic) bond motifs is 8. The maximum absolute atomic E-state index is 9.38. The van der Waals surface area contributed by atoms with Gasteiger partial charge in [-0.2, -0.15) is 0 Å². The monoisotopic (exact) mass is 870 g/mol. The van der Waals surface area contributed by atoms with Gasteiger partial charge in [-0.05, 0) is 96.8 Å². The molecule has 0 N–H and O–H groups in total. The van der Waals surface area contributed by atoms with Gasteiger partial charge in [0.15, 0.2) is 0 Å². The zero-order chi connectivity index (χ0) is 37.6. The van der Waals surface area contributed by atoms with Crippen molar-refractivity contribution < 1.29 is 38.0 Å². The van der Waals surface area contributed by atoms with E-state index in [4.69, 9.17) is 24.2 Å². The second-order valence-corrected chi connectivity index (χ2v) is 16.1. The number of rotatable bonds is 4. The molecule has 0 radical (unpaired) electrons. The number of aromatic nitrogens is 2. The molecule has 9 rings (SSSR count). The minimum atomic E-state index is -1.78. The second-order valence-electron chi connectivity index (χ2n) is 16.1. The average Bonchev–Trinajstić information content (AvgIpc) is 3.63. The number of pyridine rings is 1. The van der Waals surface area contributed by atoms with Crippen molar-refractivity contribution in [3.8, 4) is 28.7 Å². The van der Waals surface area contributed by atoms with Crippen LogP contribution in [0.3, 0.4) is 0 Å². The van der Waals surface area contributed by atoms with Crippen molar-refractivity contribution in [2.45, 2.75) is 98.1 Å². The number of hydrogen-bond donors (Lipinski definition) is 0. The van der Waals surface area contributed by atoms with Gasteiger partial charge < -0.3 is 18.8 Å². The first-order chi connectivity index (χ1) is 24.9. The summed E-state index contributed by atoms with van der Waals surface area (Å²) in [5, 5.41) is 2.13. The Bertz CT molecular complexity index is 2620. The molecule has 0 bridgehead atoms. The van der Waals surface area contributed by atoms with Crippen LogP contribution in [0.2, 0.25) is 0 Å². The van der Waals surface area contributed by atoms with E-state index in [-0.39, 0.29) is 32.4 Å². The molecule has 0 fully saturated rings. The molecule has 0 unspecified atom stereocenters. The van der Waals surface area contributed by atoms with Crippen LogP contribution in [0.4, 0.5) is 0 Å². The first kappa shape index (κ1) is 32.3. The van der Waals surface area contributed by atoms with Gasteiger partial charge in [0.05, 0.1) is 5.52 Å². The molecule has 2 atom stereocenters. The largest absolute Gasteiger partial charge is 2.00 e. The fourth-order valence-corrected chi connectivity index (χ4v) is 7.73. The molecule has 0 saturated carbocycles. The van der Waals surface area contributed by atoms with Gasteiger partial charge in [-0.1, -0.05) is 71.4 Å². The Morgan fingerprint density at radius 3 is 2.50 bits per heavy atom. The SMILES string of the molecule is [2H]C1([2H])c2c(ccc(C)c2C)[C@@]2(C)N=C(c3[c-]c(Oc4[c-]c5c(cc4C)Oc4cc(C(C)(C)C)cc6c7cccnc7n-5c46)cc(C(C)C)c3)O[C@@]12C.[Pt+2]. The molecule has 266 valence electrons. The molecule has 3 aliphatic rings. The molecular formula is C45H43N3O3Pt. The number of aryl methyl sites for hydroxylation is 2. The predicted molar refractivity (Wildman–Crippen MR) is 203 cm³/mol. The van der Waals surface area contributed by atoms with Crippen molar-refractivity contribution in [2.24, 2.45) is 4.99 Å². The molecule has 0 amide bonds. The maximum atomic E-state index is 9.38. The first-order valence-electron chi connectivity index (χ1n) is 18.8. The van der Waals surface area contributed by atoms with E-state index in [1.54, 1.807) is 0 Å². The summed E-state index contributed by atoms with van der Waals surface area (Å²) in [7, 11) is 0. The topological polar surface area (TPSA) is 57.9 Å². The van der Waals surface area contributed by atoms with Gasteiger partial charge >= 0.3 is 21.1 Å². The Balaban J connectivity index is 0.00000413. The summed E-state index contributed by atoms with van der Waals surface area (Å²) in [5.74, 6) is 3.03. The van der Waals surface area contributed by atoms with E-state index in [2.05, 4.69) is 69.5 Å². The number of benzene rings is 4. The zero-order valence-electron chi connectivity index (χ0n) is 33.2. The first-order valence-corrected chi connectivity index (χ1v) is 17.8. The third-order valence-corrected chi connectivity index (χ3v) is 11.2. The Morgan fingerprint density at radius 1 is 0.962 bits per heavy atom. The molecule has 4 heterocycles. The summed E-state index contributed by atoms with van der Waals surface area (Å²) < 4.78 is 40.9. The van der Waals surface area contributed by atoms with E-state index in [0.29, 0.717) is 34.3 Å². The molecule has 52 heavy (non-hydrogen) atoms. The van der Waals surface area contributed by atoms with Crippen molar-refractivity contribution in [3.63, 3.8) is 0 Å². The van der Waals surface area contributed by atoms with E-state index >= 15 is 0 Å². The third kappa shape index (κ3) is 4.93. The van der Waals surface area contributed by atoms with Crippen LogP contribution >= 0.6 is 0 Å². The maximum Gasteiger partial charge on any atom is 2.00 e. The molecule has 6 aromatic rings. The fraction of sp³-hybridized carbons (Fsp3) is 0.333. The van der Waals surface area contributed by atoms with Crippen LogP contribution in [0.25, 0.3) is 27.6 Å². The molecule has 6 nitrogen and oxygen atoms in total. The summed E-state index contributed by atoms with van der Waals surface area (Å²) in [5.41, 5.74) is 7.46. The van der Waals surface area contributed by atoms with Crippen molar-refractivity contribution in [2.75, 3.05) is 0 Å². The van der Waals surface area contributed by atoms with E-state index < -0.39 is 17.5 Å². The van der Waals surface area contributed by atoms with Crippen LogP contribution < -0.4 is 9.47 Å². The number of ether oxygens (including phenoxy) is 3. The zero-order valence-corrected chi connectivity index (χ0v) is 33.5. The van der Waals surface area contributed by atoms with Gasteiger partial charge in [0.1, 0.15) is 28.4 Å². The summed E-state index contributed by atoms with van der Waals surface area (Å²) >= 11 is 0. The van der Waals surface area contributed by atoms with Gasteiger partial charge in [0.25, 0.3) is 0 Å². The molecule has 2 aliphatic heterocycles. The normalized spacial score (nSPS) is 21.4. The fourth-order valence-electron chi connectivity index (χ4n) is 7.73. The minimum absolute atomic E-state index is 0. The van der Waals surface area contributed by atoms with Crippen molar-refractivity contribution in [3.05, 3.63) is 117 Å². The van der Waals surface area contributed by atoms with Gasteiger partial charge in [0.2, 0.25) is 0 Å². The van der Waals surface area contributed by atoms with E-state index in [9.17, 15) is 2.74 Å². The Labute approximate surface area is 323 Å². The van der Waals surface area contributed by atoms with Crippen LogP contribution in [-0.2, 0) is 43.1 Å². The third-order valence-electron chi connectivity index (χ3n) is 11.2. The molecule has 2 aromatic heterocycles. The summed E-state index contributed by atoms with van der Waals surface area (Å²) in [6.45, 7) is 20.7. The number of hydrogen-bond acceptors (Lipinski definition) is 5. The number of aliphatic imine (C=N–C) groups is 1. The Kier molecular flexibility index (Phi) is 7.16. The Morgan fingerprint density at radius 2 is 1.75 bits per heavy atom. The van der Waals surface area contributed by atoms with Crippen LogP contribution in [0.1, 0.15) is 102 Å². The van der Waals surface area contributed by atoms with Crippen LogP contribution in [0.15, 0.2) is 65.8 Å². The van der Waals surface area contributed by atoms with Gasteiger partial charge in [0, 0.05) is 43.3 Å². The average molecular weight is 871 g/mol. The van der Waals surface area contributed by atoms with E-state index in [1.807, 2.05) is 77.2 Å². The molecule has 7 heteroatoms. The van der Waals surface area contributed by atoms with Crippen molar-refractivity contribution in [1.82, 2.24) is 9.55 Å². The summed E-state index contributed by atoms with van der Waals surface area (Å²) in [6.07, 6.45) is 0.0410. The van der Waals surface area contributed by atoms with Gasteiger partial charge in [-0.25, -0.2) is 4.98 Å². The van der Waals surface area contributed by atoms with Crippen LogP contribution in [0.5, 0.6) is 23.0 Å². The second kappa shape index (κ2) is 11.5. The van der Waals surface area contributed by atoms with Gasteiger partial charge in [-0.3, -0.25) is 4.99 Å². The Hall–Kier alpha value is -4.41. The molecule has 1 aliphatic carbocycles. The summed E-state index contributed by atoms with van der Waals surface area (Å²) in [4.78, 5) is 10.0. The summed E-state index contributed by atoms with van der Waals surface area (Å²) in [6, 6.07) is 25.6. The van der Waals surface area contributed by atoms with Crippen LogP contribution in [-0.4, -0.2) is 21.0 Å². The molecule has 4 aromatic carbocycles. The predicted octanol–water partition coefficient (Wildman–Crippen LogP) is 11.0. The van der Waals surface area contributed by atoms with Crippen molar-refractivity contribution in [1.29, 1.82) is 0 Å². The van der Waals surface area contributed by atoms with E-state index in [1.165, 1.54) is 5.56 Å². The van der Waals surface area contributed by atoms with Crippen LogP contribution in [0, 0.1) is 32.9 Å². The van der Waals surface area contributed by atoms with Crippen molar-refractivity contribution >= 4 is 27.8 Å². The van der Waals surface area contributed by atoms with Gasteiger partial charge in [-0.15, -0.1) is 29.3 Å². The quantitative estimate of drug-likeness (QED) is 0.165. The van der Waals surface area contributed by atoms with E-state index in [0.717, 1.165) is 61.2 Å². The minimum Gasteiger partial charge on any atom is -0.513 e. The molecular weight excluding hydrogens is 826 g/mol. The number of nitrogens with zero attached hydrogens (tertiary/aromatic N) is 3. The molecule has 0 spiro atoms. The standard InChI is InChI=1S/C45H43N3O3.Pt/c1-24(2)28-17-29(42-47-45(10)35-14-13-25(3)27(5)34(35)23-44(45,9)51-42)19-31(18-28)49-37-22-36-38(16-26(37)4)50-39-21-30(43(6,7)8)20-33-32-12-11-15-46-41(32)48(36)40(33)39;/h11-18,20-21,24H,23H2,1-10H3;/q-2;+2/t44-,45+;/m0./s1/i23D2;. The smallest absolute Gasteiger partial charge is 0.513 e. The molecule has 0 saturated heterocycles.